The molecule has 1 aromatic carbocycles. The Labute approximate surface area is 166 Å². The van der Waals surface area contributed by atoms with Gasteiger partial charge in [-0.25, -0.2) is 4.79 Å². The highest BCUT2D eigenvalue weighted by Crippen LogP contribution is 2.33. The summed E-state index contributed by atoms with van der Waals surface area (Å²) in [4.78, 5) is 36.9. The number of aryl methyl sites for hydroxylation is 1. The molecule has 0 spiro atoms. The number of esters is 1. The molecule has 0 bridgehead atoms. The lowest BCUT2D eigenvalue weighted by atomic mass is 10.1. The number of carbonyl (C=O) groups excluding carboxylic acids is 3. The summed E-state index contributed by atoms with van der Waals surface area (Å²) in [6.07, 6.45) is 2.04. The Bertz CT molecular complexity index is 1080. The lowest BCUT2D eigenvalue weighted by molar-refractivity contribution is -0.115. The van der Waals surface area contributed by atoms with Crippen molar-refractivity contribution in [2.24, 2.45) is 12.8 Å². The van der Waals surface area contributed by atoms with Crippen LogP contribution in [0.2, 0.25) is 0 Å². The first-order valence-electron chi connectivity index (χ1n) is 8.76. The van der Waals surface area contributed by atoms with Crippen molar-refractivity contribution < 1.29 is 19.1 Å². The van der Waals surface area contributed by atoms with Crippen LogP contribution in [0.4, 0.5) is 5.00 Å². The van der Waals surface area contributed by atoms with Crippen molar-refractivity contribution in [3.63, 3.8) is 0 Å². The lowest BCUT2D eigenvalue weighted by Crippen LogP contribution is -2.16. The van der Waals surface area contributed by atoms with Crippen LogP contribution in [0.25, 0.3) is 10.9 Å². The summed E-state index contributed by atoms with van der Waals surface area (Å²) < 4.78 is 7.03. The van der Waals surface area contributed by atoms with Crippen LogP contribution in [0.15, 0.2) is 30.5 Å². The van der Waals surface area contributed by atoms with E-state index in [1.165, 1.54) is 0 Å². The Balaban J connectivity index is 1.90. The van der Waals surface area contributed by atoms with E-state index < -0.39 is 11.9 Å². The number of aromatic nitrogens is 1. The number of anilines is 1. The van der Waals surface area contributed by atoms with Gasteiger partial charge in [0.05, 0.1) is 23.5 Å². The SMILES string of the molecule is CCOC(=O)c1c(NC(=O)Cc2cn(C)c3ccccc23)sc(C(N)=O)c1C. The van der Waals surface area contributed by atoms with Gasteiger partial charge < -0.3 is 20.4 Å². The Morgan fingerprint density at radius 2 is 1.96 bits per heavy atom. The summed E-state index contributed by atoms with van der Waals surface area (Å²) in [6, 6.07) is 7.81. The molecular formula is C20H21N3O4S. The molecule has 0 aliphatic heterocycles. The molecule has 2 aromatic heterocycles. The number of nitrogens with zero attached hydrogens (tertiary/aromatic N) is 1. The van der Waals surface area contributed by atoms with Gasteiger partial charge in [-0.05, 0) is 31.0 Å². The Morgan fingerprint density at radius 1 is 1.25 bits per heavy atom. The van der Waals surface area contributed by atoms with Gasteiger partial charge in [0.1, 0.15) is 5.00 Å². The fraction of sp³-hybridized carbons (Fsp3) is 0.250. The van der Waals surface area contributed by atoms with Gasteiger partial charge >= 0.3 is 5.97 Å². The van der Waals surface area contributed by atoms with Crippen molar-refractivity contribution in [2.45, 2.75) is 20.3 Å². The molecule has 2 amide bonds. The molecule has 7 nitrogen and oxygen atoms in total. The maximum atomic E-state index is 12.7. The number of nitrogens with two attached hydrogens (primary N) is 1. The number of hydrogen-bond acceptors (Lipinski definition) is 5. The normalized spacial score (nSPS) is 10.8. The monoisotopic (exact) mass is 399 g/mol. The summed E-state index contributed by atoms with van der Waals surface area (Å²) in [7, 11) is 1.92. The van der Waals surface area contributed by atoms with Gasteiger partial charge in [-0.15, -0.1) is 11.3 Å². The van der Waals surface area contributed by atoms with Crippen molar-refractivity contribution in [1.29, 1.82) is 0 Å². The molecule has 0 saturated heterocycles. The number of fused-ring (bicyclic) bond motifs is 1. The first-order valence-corrected chi connectivity index (χ1v) is 9.58. The lowest BCUT2D eigenvalue weighted by Gasteiger charge is -2.07. The first-order chi connectivity index (χ1) is 13.3. The predicted octanol–water partition coefficient (Wildman–Crippen LogP) is 3.01. The van der Waals surface area contributed by atoms with Crippen LogP contribution in [0.1, 0.15) is 38.1 Å². The van der Waals surface area contributed by atoms with E-state index in [9.17, 15) is 14.4 Å². The highest BCUT2D eigenvalue weighted by molar-refractivity contribution is 7.18. The van der Waals surface area contributed by atoms with Gasteiger partial charge in [0, 0.05) is 24.1 Å². The molecule has 0 aliphatic rings. The van der Waals surface area contributed by atoms with E-state index >= 15 is 0 Å². The number of primary amides is 1. The zero-order chi connectivity index (χ0) is 20.4. The van der Waals surface area contributed by atoms with Gasteiger partial charge in [-0.1, -0.05) is 18.2 Å². The first kappa shape index (κ1) is 19.6. The minimum Gasteiger partial charge on any atom is -0.462 e. The number of ether oxygens (including phenoxy) is 1. The average molecular weight is 399 g/mol. The number of para-hydroxylation sites is 1. The van der Waals surface area contributed by atoms with E-state index in [0.717, 1.165) is 27.8 Å². The summed E-state index contributed by atoms with van der Waals surface area (Å²) in [5, 5.41) is 4.01. The summed E-state index contributed by atoms with van der Waals surface area (Å²) in [5.74, 6) is -1.54. The molecule has 3 aromatic rings. The average Bonchev–Trinajstić information content (AvgIpc) is 3.13. The minimum atomic E-state index is -0.650. The molecule has 8 heteroatoms. The molecular weight excluding hydrogens is 378 g/mol. The number of carbonyl (C=O) groups is 3. The third-order valence-corrected chi connectivity index (χ3v) is 5.66. The number of rotatable bonds is 6. The number of hydrogen-bond donors (Lipinski definition) is 2. The molecule has 146 valence electrons. The van der Waals surface area contributed by atoms with Crippen LogP contribution in [0.5, 0.6) is 0 Å². The van der Waals surface area contributed by atoms with Crippen molar-refractivity contribution in [3.8, 4) is 0 Å². The number of thiophene rings is 1. The second-order valence-corrected chi connectivity index (χ2v) is 7.37. The van der Waals surface area contributed by atoms with Crippen LogP contribution in [-0.2, 0) is 23.0 Å². The quantitative estimate of drug-likeness (QED) is 0.622. The maximum absolute atomic E-state index is 12.7. The molecule has 0 saturated carbocycles. The standard InChI is InChI=1S/C20H21N3O4S/c1-4-27-20(26)16-11(2)17(18(21)25)28-19(16)22-15(24)9-12-10-23(3)14-8-6-5-7-13(12)14/h5-8,10H,4,9H2,1-3H3,(H2,21,25)(H,22,24). The van der Waals surface area contributed by atoms with E-state index in [4.69, 9.17) is 10.5 Å². The Morgan fingerprint density at radius 3 is 2.64 bits per heavy atom. The molecule has 28 heavy (non-hydrogen) atoms. The van der Waals surface area contributed by atoms with Crippen LogP contribution < -0.4 is 11.1 Å². The van der Waals surface area contributed by atoms with E-state index in [1.807, 2.05) is 42.1 Å². The molecule has 0 unspecified atom stereocenters. The van der Waals surface area contributed by atoms with Gasteiger partial charge in [0.15, 0.2) is 0 Å². The summed E-state index contributed by atoms with van der Waals surface area (Å²) >= 11 is 0.984. The fourth-order valence-corrected chi connectivity index (χ4v) is 4.26. The zero-order valence-electron chi connectivity index (χ0n) is 15.9. The molecule has 3 rings (SSSR count). The largest absolute Gasteiger partial charge is 0.462 e. The predicted molar refractivity (Wildman–Crippen MR) is 109 cm³/mol. The van der Waals surface area contributed by atoms with Gasteiger partial charge in [0.25, 0.3) is 5.91 Å². The third kappa shape index (κ3) is 3.63. The van der Waals surface area contributed by atoms with Crippen molar-refractivity contribution in [3.05, 3.63) is 52.0 Å². The zero-order valence-corrected chi connectivity index (χ0v) is 16.7. The topological polar surface area (TPSA) is 103 Å². The van der Waals surface area contributed by atoms with E-state index in [2.05, 4.69) is 5.32 Å². The van der Waals surface area contributed by atoms with E-state index in [-0.39, 0.29) is 34.4 Å². The van der Waals surface area contributed by atoms with E-state index in [1.54, 1.807) is 13.8 Å². The second-order valence-electron chi connectivity index (χ2n) is 6.35. The molecule has 0 fully saturated rings. The smallest absolute Gasteiger partial charge is 0.341 e. The highest BCUT2D eigenvalue weighted by atomic mass is 32.1. The van der Waals surface area contributed by atoms with Gasteiger partial charge in [-0.2, -0.15) is 0 Å². The fourth-order valence-electron chi connectivity index (χ4n) is 3.20. The number of nitrogens with one attached hydrogen (secondary N) is 1. The molecule has 0 aliphatic carbocycles. The minimum absolute atomic E-state index is 0.131. The van der Waals surface area contributed by atoms with E-state index in [0.29, 0.717) is 5.56 Å². The second kappa shape index (κ2) is 7.85. The maximum Gasteiger partial charge on any atom is 0.341 e. The molecule has 3 N–H and O–H groups in total. The van der Waals surface area contributed by atoms with Crippen molar-refractivity contribution in [2.75, 3.05) is 11.9 Å². The van der Waals surface area contributed by atoms with Crippen LogP contribution in [-0.4, -0.2) is 29.0 Å². The number of benzene rings is 1. The molecule has 0 atom stereocenters. The molecule has 2 heterocycles. The van der Waals surface area contributed by atoms with Gasteiger partial charge in [-0.3, -0.25) is 9.59 Å². The van der Waals surface area contributed by atoms with Crippen molar-refractivity contribution >= 4 is 45.0 Å². The summed E-state index contributed by atoms with van der Waals surface area (Å²) in [5.41, 5.74) is 7.88. The third-order valence-electron chi connectivity index (χ3n) is 4.43. The number of amides is 2. The Kier molecular flexibility index (Phi) is 5.51. The van der Waals surface area contributed by atoms with Crippen LogP contribution in [0, 0.1) is 6.92 Å². The van der Waals surface area contributed by atoms with Gasteiger partial charge in [0.2, 0.25) is 5.91 Å². The highest BCUT2D eigenvalue weighted by Gasteiger charge is 2.25. The van der Waals surface area contributed by atoms with Crippen molar-refractivity contribution in [1.82, 2.24) is 4.57 Å². The molecule has 0 radical (unpaired) electrons. The Hall–Kier alpha value is -3.13. The summed E-state index contributed by atoms with van der Waals surface area (Å²) in [6.45, 7) is 3.49. The van der Waals surface area contributed by atoms with Crippen LogP contribution >= 0.6 is 11.3 Å². The van der Waals surface area contributed by atoms with Crippen LogP contribution in [0.3, 0.4) is 0 Å².